The van der Waals surface area contributed by atoms with Crippen molar-refractivity contribution in [3.8, 4) is 29.6 Å². The fourth-order valence-corrected chi connectivity index (χ4v) is 10.6. The monoisotopic (exact) mass is 1750 g/mol. The number of aliphatic hydroxyl groups is 2. The molecule has 7 N–H and O–H groups in total. The second-order valence-corrected chi connectivity index (χ2v) is 30.0. The number of nitriles is 3. The number of nitrogen functional groups attached to an aromatic ring is 1. The van der Waals surface area contributed by atoms with Crippen LogP contribution in [0.2, 0.25) is 0 Å². The number of nitrogens with two attached hydrogens (primary N) is 1. The molecule has 15 aromatic rings. The van der Waals surface area contributed by atoms with Crippen molar-refractivity contribution in [1.82, 2.24) is 4.57 Å². The summed E-state index contributed by atoms with van der Waals surface area (Å²) in [7, 11) is 0. The van der Waals surface area contributed by atoms with E-state index in [1.165, 1.54) is 12.1 Å². The largest absolute Gasteiger partial charge is 0.485 e. The van der Waals surface area contributed by atoms with Gasteiger partial charge in [-0.25, -0.2) is 4.79 Å². The summed E-state index contributed by atoms with van der Waals surface area (Å²) in [6, 6.07) is 93.0. The van der Waals surface area contributed by atoms with Crippen LogP contribution in [0.25, 0.3) is 66.7 Å². The maximum Gasteiger partial charge on any atom is 0.349 e. The summed E-state index contributed by atoms with van der Waals surface area (Å²) in [5.41, 5.74) is 16.7. The number of halogens is 3. The lowest BCUT2D eigenvalue weighted by molar-refractivity contribution is -0.142. The Balaban J connectivity index is 0.000000372. The fourth-order valence-electron chi connectivity index (χ4n) is 10.6. The van der Waals surface area contributed by atoms with E-state index in [9.17, 15) is 39.1 Å². The standard InChI is InChI=1S/C20H16N2O3.C18H10N2O2.C15H11NO2.C14H11NO.C8H6O2.C6H7N.C5H7NO2.C2H6O2.4C2H6.CH4.Cl3OP/c1-2-24-20(23)14(13-21)12-18-19(22-15-8-4-3-5-9-15)16-10-6-7-11-17(16)25-18;19-11-12-10-16-17(14-8-4-5-9-15(14)22-16)20(18(12)21)13-6-2-1-3-7-13;17-10-14-15(16-11-6-2-1-3-7-11)12-8-4-5-9-13(12)18-14;1-2-6-11(7-3-1)15-13-10-16-14-9-5-4-8-12(13)14;9-7-5-10-8-4-2-1-3-6(7)8;7-6-4-2-1-3-5-6;1-2-8-5(7)3-4-6;3-1-2-4;4*1-2;;1-5(2,3)4/h3-12,22H,2H2,1H3;1-10H;1-10,16H;1-10,15H;1-4H,5H2;1-5H,7H2;2-3H2,1H3;3-4H,1-2H2;4*1-2H3;1H4;/b14-12-;;;;;;;;;;;;;. The van der Waals surface area contributed by atoms with E-state index in [4.69, 9.17) is 48.4 Å². The van der Waals surface area contributed by atoms with Crippen molar-refractivity contribution in [1.29, 1.82) is 15.8 Å². The Labute approximate surface area is 736 Å². The summed E-state index contributed by atoms with van der Waals surface area (Å²) in [5, 5.41) is 52.0. The van der Waals surface area contributed by atoms with Gasteiger partial charge < -0.3 is 63.8 Å². The Hall–Kier alpha value is -13.9. The van der Waals surface area contributed by atoms with Gasteiger partial charge in [0.1, 0.15) is 69.6 Å². The van der Waals surface area contributed by atoms with E-state index >= 15 is 0 Å². The molecule has 0 fully saturated rings. The van der Waals surface area contributed by atoms with Crippen LogP contribution >= 0.6 is 38.9 Å². The van der Waals surface area contributed by atoms with Crippen LogP contribution in [0.3, 0.4) is 0 Å². The quantitative estimate of drug-likeness (QED) is 0.0147. The highest BCUT2D eigenvalue weighted by Crippen LogP contribution is 2.61. The summed E-state index contributed by atoms with van der Waals surface area (Å²) in [4.78, 5) is 56.7. The molecule has 0 unspecified atom stereocenters. The molecule has 0 atom stereocenters. The van der Waals surface area contributed by atoms with Crippen LogP contribution in [0, 0.1) is 34.0 Å². The predicted octanol–water partition coefficient (Wildman–Crippen LogP) is 25.9. The maximum absolute atomic E-state index is 12.7. The Morgan fingerprint density at radius 1 is 0.532 bits per heavy atom. The number of furan rings is 4. The highest BCUT2D eigenvalue weighted by atomic mass is 36.0. The van der Waals surface area contributed by atoms with Crippen molar-refractivity contribution in [2.45, 2.75) is 83.1 Å². The van der Waals surface area contributed by atoms with Gasteiger partial charge in [-0.15, -0.1) is 0 Å². The highest BCUT2D eigenvalue weighted by molar-refractivity contribution is 8.24. The van der Waals surface area contributed by atoms with Crippen LogP contribution in [0.1, 0.15) is 115 Å². The average Bonchev–Trinajstić information content (AvgIpc) is 1.58. The third kappa shape index (κ3) is 33.9. The molecule has 6 heterocycles. The van der Waals surface area contributed by atoms with Gasteiger partial charge in [0.15, 0.2) is 30.0 Å². The van der Waals surface area contributed by atoms with Crippen molar-refractivity contribution in [2.75, 3.05) is 54.7 Å². The summed E-state index contributed by atoms with van der Waals surface area (Å²) in [6.07, 6.45) is 3.74. The van der Waals surface area contributed by atoms with E-state index in [1.807, 2.05) is 328 Å². The third-order valence-corrected chi connectivity index (χ3v) is 15.5. The number of esters is 2. The lowest BCUT2D eigenvalue weighted by Crippen LogP contribution is -2.20. The second kappa shape index (κ2) is 58.9. The molecule has 1 aliphatic heterocycles. The average molecular weight is 1760 g/mol. The number of carbonyl (C=O) groups excluding carboxylic acids is 4. The first-order valence-corrected chi connectivity index (χ1v) is 43.5. The molecule has 124 heavy (non-hydrogen) atoms. The number of benzene rings is 10. The van der Waals surface area contributed by atoms with E-state index in [1.54, 1.807) is 42.9 Å². The van der Waals surface area contributed by atoms with Crippen molar-refractivity contribution in [3.63, 3.8) is 0 Å². The number of pyridine rings is 1. The molecular weight excluding hydrogens is 1650 g/mol. The SMILES string of the molecule is C.CC.CC.CC.CC.CCOC(=O)/C(C#N)=C\c1oc2ccccc2c1Nc1ccccc1.CCOC(=O)CC#N.N#Cc1cc2oc3ccccc3c2n(-c2ccccc2)c1=O.Nc1ccccc1.O=C1COc2ccccc21.O=Cc1oc2ccccc2c1Nc1ccccc1.O=P(Cl)(Cl)Cl.OCCO.c1ccc(Nc2coc3ccccc23)cc1. The number of nitrogens with zero attached hydrogens (tertiary/aromatic N) is 4. The number of aliphatic hydroxyl groups excluding tert-OH is 2. The number of fused-ring (bicyclic) bond motifs is 7. The zero-order valence-electron chi connectivity index (χ0n) is 69.7. The molecule has 0 bridgehead atoms. The van der Waals surface area contributed by atoms with E-state index in [-0.39, 0.29) is 62.8 Å². The lowest BCUT2D eigenvalue weighted by Gasteiger charge is -2.08. The highest BCUT2D eigenvalue weighted by Gasteiger charge is 2.21. The van der Waals surface area contributed by atoms with Gasteiger partial charge in [0, 0.05) is 62.1 Å². The Morgan fingerprint density at radius 2 is 0.944 bits per heavy atom. The summed E-state index contributed by atoms with van der Waals surface area (Å²) in [5.74, 6) is 0.393. The minimum absolute atomic E-state index is 0. The zero-order valence-corrected chi connectivity index (χ0v) is 72.8. The molecule has 5 aromatic heterocycles. The second-order valence-electron chi connectivity index (χ2n) is 23.4. The number of ketones is 1. The van der Waals surface area contributed by atoms with Crippen LogP contribution < -0.4 is 32.0 Å². The van der Waals surface area contributed by atoms with Crippen molar-refractivity contribution >= 4 is 164 Å². The predicted molar refractivity (Wildman–Crippen MR) is 503 cm³/mol. The van der Waals surface area contributed by atoms with Gasteiger partial charge in [-0.2, -0.15) is 15.8 Å². The fraction of sp³-hybridized carbons (Fsp3) is 0.175. The summed E-state index contributed by atoms with van der Waals surface area (Å²) < 4.78 is 48.0. The molecule has 646 valence electrons. The van der Waals surface area contributed by atoms with Crippen molar-refractivity contribution < 1.29 is 65.8 Å². The van der Waals surface area contributed by atoms with Gasteiger partial charge in [0.05, 0.1) is 55.1 Å². The molecule has 1 aliphatic rings. The number of ether oxygens (including phenoxy) is 3. The lowest BCUT2D eigenvalue weighted by atomic mass is 10.1. The normalized spacial score (nSPS) is 10.1. The zero-order chi connectivity index (χ0) is 90.3. The summed E-state index contributed by atoms with van der Waals surface area (Å²) in [6.45, 7) is 19.9. The van der Waals surface area contributed by atoms with Crippen LogP contribution in [0.4, 0.5) is 39.8 Å². The number of anilines is 7. The molecule has 16 rings (SSSR count). The molecule has 10 aromatic carbocycles. The number of hydrogen-bond acceptors (Lipinski definition) is 22. The van der Waals surface area contributed by atoms with Gasteiger partial charge >= 0.3 is 17.1 Å². The first-order chi connectivity index (χ1) is 59.8. The number of para-hydroxylation sites is 10. The Kier molecular flexibility index (Phi) is 49.5. The number of nitrogens with one attached hydrogen (secondary N) is 3. The number of aromatic nitrogens is 1. The van der Waals surface area contributed by atoms with E-state index in [0.29, 0.717) is 74.4 Å². The number of Topliss-reactive ketones (excluding diaryl/α,β-unsaturated/α-hetero) is 1. The maximum atomic E-state index is 12.7. The topological polar surface area (TPSA) is 362 Å². The minimum atomic E-state index is -3.22. The molecule has 27 heteroatoms. The minimum Gasteiger partial charge on any atom is -0.485 e. The molecule has 0 aliphatic carbocycles. The number of rotatable bonds is 14. The molecule has 0 saturated carbocycles. The van der Waals surface area contributed by atoms with E-state index in [2.05, 4.69) is 54.4 Å². The first kappa shape index (κ1) is 104. The Bertz CT molecular complexity index is 5950. The van der Waals surface area contributed by atoms with Crippen LogP contribution in [-0.2, 0) is 23.6 Å². The van der Waals surface area contributed by atoms with Gasteiger partial charge in [0.25, 0.3) is 5.56 Å². The number of aldehydes is 1. The molecular formula is C97H102Cl3N8O15P. The smallest absolute Gasteiger partial charge is 0.349 e. The molecule has 23 nitrogen and oxygen atoms in total. The molecule has 0 amide bonds. The molecule has 0 radical (unpaired) electrons. The molecule has 0 saturated heterocycles. The van der Waals surface area contributed by atoms with E-state index in [0.717, 1.165) is 61.9 Å². The van der Waals surface area contributed by atoms with Crippen molar-refractivity contribution in [3.05, 3.63) is 324 Å². The van der Waals surface area contributed by atoms with E-state index < -0.39 is 17.1 Å². The number of carbonyl (C=O) groups is 4. The first-order valence-electron chi connectivity index (χ1n) is 39.0. The third-order valence-electron chi connectivity index (χ3n) is 15.5. The molecule has 0 spiro atoms. The van der Waals surface area contributed by atoms with Gasteiger partial charge in [-0.05, 0) is 169 Å². The van der Waals surface area contributed by atoms with Crippen LogP contribution in [-0.4, -0.2) is 71.8 Å². The van der Waals surface area contributed by atoms with Gasteiger partial charge in [-0.3, -0.25) is 28.3 Å². The van der Waals surface area contributed by atoms with Crippen LogP contribution in [0.5, 0.6) is 5.75 Å². The van der Waals surface area contributed by atoms with Gasteiger partial charge in [-0.1, -0.05) is 214 Å². The van der Waals surface area contributed by atoms with Gasteiger partial charge in [0.2, 0.25) is 5.78 Å². The number of hydrogen-bond donors (Lipinski definition) is 6. The Morgan fingerprint density at radius 3 is 1.39 bits per heavy atom. The van der Waals surface area contributed by atoms with Crippen LogP contribution in [0.15, 0.2) is 313 Å². The summed E-state index contributed by atoms with van der Waals surface area (Å²) >= 11 is 13.8. The van der Waals surface area contributed by atoms with Crippen molar-refractivity contribution in [2.24, 2.45) is 0 Å².